The number of rotatable bonds is 5. The van der Waals surface area contributed by atoms with E-state index in [0.717, 1.165) is 23.2 Å². The summed E-state index contributed by atoms with van der Waals surface area (Å²) in [6, 6.07) is 19.2. The fraction of sp³-hybridized carbons (Fsp3) is 0.200. The average molecular weight is 380 g/mol. The summed E-state index contributed by atoms with van der Waals surface area (Å²) in [4.78, 5) is 0. The Hall–Kier alpha value is -2.77. The van der Waals surface area contributed by atoms with Crippen molar-refractivity contribution in [3.05, 3.63) is 77.8 Å². The lowest BCUT2D eigenvalue weighted by atomic mass is 10.2. The second-order valence-electron chi connectivity index (χ2n) is 6.51. The van der Waals surface area contributed by atoms with Crippen LogP contribution in [0, 0.1) is 0 Å². The topological polar surface area (TPSA) is 68.1 Å². The van der Waals surface area contributed by atoms with E-state index in [2.05, 4.69) is 10.3 Å². The van der Waals surface area contributed by atoms with Crippen LogP contribution in [0.5, 0.6) is 0 Å². The molecule has 3 aromatic rings. The van der Waals surface area contributed by atoms with Gasteiger partial charge in [0.25, 0.3) is 0 Å². The van der Waals surface area contributed by atoms with E-state index in [0.29, 0.717) is 13.1 Å². The summed E-state index contributed by atoms with van der Waals surface area (Å²) in [7, 11) is -3.45. The van der Waals surface area contributed by atoms with Crippen LogP contribution in [0.4, 0.5) is 0 Å². The Morgan fingerprint density at radius 3 is 2.44 bits per heavy atom. The number of hydrogen-bond donors (Lipinski definition) is 0. The van der Waals surface area contributed by atoms with Gasteiger partial charge in [-0.25, -0.2) is 13.1 Å². The first-order chi connectivity index (χ1) is 13.1. The van der Waals surface area contributed by atoms with Crippen molar-refractivity contribution in [3.63, 3.8) is 0 Å². The van der Waals surface area contributed by atoms with Crippen molar-refractivity contribution in [2.75, 3.05) is 13.1 Å². The molecule has 1 fully saturated rings. The van der Waals surface area contributed by atoms with Crippen LogP contribution >= 0.6 is 0 Å². The molecule has 2 aromatic carbocycles. The van der Waals surface area contributed by atoms with Crippen molar-refractivity contribution in [1.29, 1.82) is 0 Å². The van der Waals surface area contributed by atoms with Gasteiger partial charge in [-0.1, -0.05) is 65.9 Å². The van der Waals surface area contributed by atoms with Gasteiger partial charge >= 0.3 is 0 Å². The van der Waals surface area contributed by atoms with Crippen LogP contribution < -0.4 is 0 Å². The molecular weight excluding hydrogens is 360 g/mol. The van der Waals surface area contributed by atoms with Crippen LogP contribution in [-0.4, -0.2) is 40.8 Å². The van der Waals surface area contributed by atoms with Gasteiger partial charge in [-0.3, -0.25) is 0 Å². The highest BCUT2D eigenvalue weighted by Gasteiger charge is 2.31. The Bertz CT molecular complexity index is 1030. The minimum absolute atomic E-state index is 0.00476. The molecule has 0 N–H and O–H groups in total. The molecule has 7 heteroatoms. The zero-order valence-electron chi connectivity index (χ0n) is 14.7. The quantitative estimate of drug-likeness (QED) is 0.682. The molecule has 0 spiro atoms. The van der Waals surface area contributed by atoms with Crippen LogP contribution in [0.2, 0.25) is 0 Å². The Kier molecular flexibility index (Phi) is 4.87. The van der Waals surface area contributed by atoms with Gasteiger partial charge in [0.05, 0.1) is 12.2 Å². The second-order valence-corrected chi connectivity index (χ2v) is 8.33. The minimum Gasteiger partial charge on any atom is -0.247 e. The monoisotopic (exact) mass is 380 g/mol. The first-order valence-corrected chi connectivity index (χ1v) is 10.3. The molecule has 0 bridgehead atoms. The van der Waals surface area contributed by atoms with Gasteiger partial charge in [0.15, 0.2) is 0 Å². The molecule has 1 saturated heterocycles. The van der Waals surface area contributed by atoms with Crippen molar-refractivity contribution in [1.82, 2.24) is 19.3 Å². The van der Waals surface area contributed by atoms with Gasteiger partial charge in [-0.2, -0.15) is 4.31 Å². The molecule has 0 aliphatic carbocycles. The Balaban J connectivity index is 1.46. The third-order valence-electron chi connectivity index (χ3n) is 4.67. The Morgan fingerprint density at radius 2 is 1.70 bits per heavy atom. The molecule has 4 rings (SSSR count). The van der Waals surface area contributed by atoms with E-state index < -0.39 is 10.0 Å². The molecule has 138 valence electrons. The van der Waals surface area contributed by atoms with E-state index in [4.69, 9.17) is 0 Å². The third kappa shape index (κ3) is 3.99. The molecule has 0 amide bonds. The van der Waals surface area contributed by atoms with E-state index >= 15 is 0 Å². The van der Waals surface area contributed by atoms with Crippen molar-refractivity contribution >= 4 is 16.1 Å². The fourth-order valence-corrected chi connectivity index (χ4v) is 4.41. The van der Waals surface area contributed by atoms with Crippen LogP contribution in [0.1, 0.15) is 18.0 Å². The average Bonchev–Trinajstić information content (AvgIpc) is 3.38. The fourth-order valence-electron chi connectivity index (χ4n) is 3.17. The molecule has 1 atom stereocenters. The van der Waals surface area contributed by atoms with Crippen molar-refractivity contribution in [3.8, 4) is 11.3 Å². The lowest BCUT2D eigenvalue weighted by Gasteiger charge is -2.13. The molecular formula is C20H20N4O2S. The van der Waals surface area contributed by atoms with E-state index in [1.54, 1.807) is 10.8 Å². The van der Waals surface area contributed by atoms with Crippen LogP contribution in [-0.2, 0) is 10.0 Å². The largest absolute Gasteiger partial charge is 0.247 e. The second kappa shape index (κ2) is 7.46. The molecule has 27 heavy (non-hydrogen) atoms. The molecule has 1 aliphatic rings. The van der Waals surface area contributed by atoms with Crippen molar-refractivity contribution in [2.45, 2.75) is 12.5 Å². The predicted molar refractivity (Wildman–Crippen MR) is 105 cm³/mol. The number of sulfonamides is 1. The number of aromatic nitrogens is 3. The minimum atomic E-state index is -3.45. The van der Waals surface area contributed by atoms with Crippen LogP contribution in [0.25, 0.3) is 17.3 Å². The SMILES string of the molecule is O=S(=O)(/C=C/c1ccccc1)N1CC[C@@H](n2cc(-c3ccccc3)nn2)C1. The summed E-state index contributed by atoms with van der Waals surface area (Å²) in [6.45, 7) is 0.881. The van der Waals surface area contributed by atoms with E-state index in [1.807, 2.05) is 66.9 Å². The highest BCUT2D eigenvalue weighted by molar-refractivity contribution is 7.92. The van der Waals surface area contributed by atoms with Crippen molar-refractivity contribution < 1.29 is 8.42 Å². The third-order valence-corrected chi connectivity index (χ3v) is 6.20. The number of hydrogen-bond acceptors (Lipinski definition) is 4. The maximum absolute atomic E-state index is 12.6. The summed E-state index contributed by atoms with van der Waals surface area (Å²) < 4.78 is 28.5. The molecule has 0 saturated carbocycles. The Morgan fingerprint density at radius 1 is 1.00 bits per heavy atom. The van der Waals surface area contributed by atoms with Gasteiger partial charge in [-0.15, -0.1) is 5.10 Å². The van der Waals surface area contributed by atoms with Crippen molar-refractivity contribution in [2.24, 2.45) is 0 Å². The summed E-state index contributed by atoms with van der Waals surface area (Å²) >= 11 is 0. The zero-order chi connectivity index (χ0) is 18.7. The molecule has 0 unspecified atom stereocenters. The van der Waals surface area contributed by atoms with Gasteiger partial charge < -0.3 is 0 Å². The number of benzene rings is 2. The summed E-state index contributed by atoms with van der Waals surface area (Å²) in [6.07, 6.45) is 4.23. The first-order valence-electron chi connectivity index (χ1n) is 8.82. The smallest absolute Gasteiger partial charge is 0.236 e. The normalized spacial score (nSPS) is 18.3. The molecule has 2 heterocycles. The molecule has 1 aliphatic heterocycles. The maximum Gasteiger partial charge on any atom is 0.236 e. The van der Waals surface area contributed by atoms with E-state index in [-0.39, 0.29) is 6.04 Å². The first kappa shape index (κ1) is 17.6. The predicted octanol–water partition coefficient (Wildman–Crippen LogP) is 3.19. The van der Waals surface area contributed by atoms with Gasteiger partial charge in [0.2, 0.25) is 10.0 Å². The molecule has 0 radical (unpaired) electrons. The van der Waals surface area contributed by atoms with Gasteiger partial charge in [-0.05, 0) is 18.1 Å². The zero-order valence-corrected chi connectivity index (χ0v) is 15.5. The lowest BCUT2D eigenvalue weighted by Crippen LogP contribution is -2.27. The highest BCUT2D eigenvalue weighted by atomic mass is 32.2. The highest BCUT2D eigenvalue weighted by Crippen LogP contribution is 2.26. The number of nitrogens with zero attached hydrogens (tertiary/aromatic N) is 4. The lowest BCUT2D eigenvalue weighted by molar-refractivity contribution is 0.432. The summed E-state index contributed by atoms with van der Waals surface area (Å²) in [5.41, 5.74) is 2.65. The standard InChI is InChI=1S/C20H20N4O2S/c25-27(26,14-12-17-7-3-1-4-8-17)23-13-11-19(15-23)24-16-20(21-22-24)18-9-5-2-6-10-18/h1-10,12,14,16,19H,11,13,15H2/b14-12+/t19-/m1/s1. The van der Waals surface area contributed by atoms with E-state index in [9.17, 15) is 8.42 Å². The van der Waals surface area contributed by atoms with Gasteiger partial charge in [0.1, 0.15) is 5.69 Å². The maximum atomic E-state index is 12.6. The molecule has 6 nitrogen and oxygen atoms in total. The Labute approximate surface area is 158 Å². The molecule has 1 aromatic heterocycles. The van der Waals surface area contributed by atoms with E-state index in [1.165, 1.54) is 9.71 Å². The van der Waals surface area contributed by atoms with Gasteiger partial charge in [0, 0.05) is 24.1 Å². The van der Waals surface area contributed by atoms with Crippen LogP contribution in [0.15, 0.2) is 72.3 Å². The summed E-state index contributed by atoms with van der Waals surface area (Å²) in [5, 5.41) is 9.72. The van der Waals surface area contributed by atoms with Crippen LogP contribution in [0.3, 0.4) is 0 Å². The summed E-state index contributed by atoms with van der Waals surface area (Å²) in [5.74, 6) is 0.